The molecule has 0 fully saturated rings. The molecular formula is C25H27N3O4. The van der Waals surface area contributed by atoms with Crippen molar-refractivity contribution in [1.29, 1.82) is 0 Å². The Balaban J connectivity index is 1.47. The van der Waals surface area contributed by atoms with Gasteiger partial charge in [0, 0.05) is 32.5 Å². The zero-order valence-corrected chi connectivity index (χ0v) is 18.8. The molecule has 32 heavy (non-hydrogen) atoms. The van der Waals surface area contributed by atoms with Crippen LogP contribution in [0.1, 0.15) is 23.4 Å². The molecule has 1 atom stereocenters. The van der Waals surface area contributed by atoms with Crippen molar-refractivity contribution in [3.63, 3.8) is 0 Å². The summed E-state index contributed by atoms with van der Waals surface area (Å²) in [5.74, 6) is 1.43. The van der Waals surface area contributed by atoms with Crippen LogP contribution in [-0.4, -0.2) is 48.4 Å². The number of rotatable bonds is 5. The molecule has 1 aliphatic rings. The van der Waals surface area contributed by atoms with Crippen molar-refractivity contribution in [2.24, 2.45) is 0 Å². The van der Waals surface area contributed by atoms with Gasteiger partial charge in [-0.25, -0.2) is 4.98 Å². The fraction of sp³-hybridized carbons (Fsp3) is 0.320. The molecule has 0 bridgehead atoms. The van der Waals surface area contributed by atoms with E-state index in [1.165, 1.54) is 16.0 Å². The molecule has 0 radical (unpaired) electrons. The molecule has 1 aliphatic heterocycles. The van der Waals surface area contributed by atoms with Crippen LogP contribution in [0.3, 0.4) is 0 Å². The molecule has 1 aromatic heterocycles. The van der Waals surface area contributed by atoms with Crippen molar-refractivity contribution in [2.75, 3.05) is 25.5 Å². The van der Waals surface area contributed by atoms with Crippen molar-refractivity contribution < 1.29 is 18.7 Å². The Morgan fingerprint density at radius 2 is 1.91 bits per heavy atom. The quantitative estimate of drug-likeness (QED) is 0.612. The average Bonchev–Trinajstić information content (AvgIpc) is 3.27. The number of ether oxygens (including phenoxy) is 1. The minimum absolute atomic E-state index is 0.108. The van der Waals surface area contributed by atoms with Gasteiger partial charge in [0.25, 0.3) is 5.91 Å². The maximum absolute atomic E-state index is 13.1. The number of benzene rings is 2. The van der Waals surface area contributed by atoms with E-state index >= 15 is 0 Å². The molecule has 166 valence electrons. The van der Waals surface area contributed by atoms with Crippen LogP contribution in [0.15, 0.2) is 53.1 Å². The minimum atomic E-state index is -0.734. The van der Waals surface area contributed by atoms with Gasteiger partial charge in [-0.1, -0.05) is 24.3 Å². The van der Waals surface area contributed by atoms with Gasteiger partial charge in [0.2, 0.25) is 5.91 Å². The first-order valence-corrected chi connectivity index (χ1v) is 10.6. The summed E-state index contributed by atoms with van der Waals surface area (Å²) in [5.41, 5.74) is 4.04. The first kappa shape index (κ1) is 21.6. The van der Waals surface area contributed by atoms with Crippen LogP contribution in [0.2, 0.25) is 0 Å². The first-order valence-electron chi connectivity index (χ1n) is 10.6. The molecule has 0 saturated heterocycles. The van der Waals surface area contributed by atoms with Gasteiger partial charge < -0.3 is 19.0 Å². The summed E-state index contributed by atoms with van der Waals surface area (Å²) < 4.78 is 11.7. The lowest BCUT2D eigenvalue weighted by molar-refractivity contribution is -0.136. The number of para-hydroxylation sites is 2. The number of hydrogen-bond acceptors (Lipinski definition) is 5. The Morgan fingerprint density at radius 3 is 2.66 bits per heavy atom. The summed E-state index contributed by atoms with van der Waals surface area (Å²) in [7, 11) is 3.35. The molecular weight excluding hydrogens is 406 g/mol. The highest BCUT2D eigenvalue weighted by Crippen LogP contribution is 2.34. The Morgan fingerprint density at radius 1 is 1.12 bits per heavy atom. The van der Waals surface area contributed by atoms with Crippen LogP contribution in [-0.2, 0) is 16.0 Å². The van der Waals surface area contributed by atoms with Crippen LogP contribution < -0.4 is 9.64 Å². The molecule has 1 unspecified atom stereocenters. The molecule has 0 saturated carbocycles. The summed E-state index contributed by atoms with van der Waals surface area (Å²) in [6, 6.07) is 13.4. The first-order chi connectivity index (χ1) is 15.3. The maximum atomic E-state index is 13.1. The zero-order chi connectivity index (χ0) is 22.8. The molecule has 0 spiro atoms. The van der Waals surface area contributed by atoms with Gasteiger partial charge in [-0.3, -0.25) is 9.59 Å². The van der Waals surface area contributed by atoms with Crippen molar-refractivity contribution in [2.45, 2.75) is 32.8 Å². The summed E-state index contributed by atoms with van der Waals surface area (Å²) in [6.07, 6.45) is 1.54. The zero-order valence-electron chi connectivity index (χ0n) is 18.8. The molecule has 0 aliphatic carbocycles. The van der Waals surface area contributed by atoms with Gasteiger partial charge in [-0.15, -0.1) is 0 Å². The normalized spacial score (nSPS) is 15.1. The number of oxazole rings is 1. The highest BCUT2D eigenvalue weighted by Gasteiger charge is 2.34. The predicted octanol–water partition coefficient (Wildman–Crippen LogP) is 3.77. The maximum Gasteiger partial charge on any atom is 0.265 e. The molecule has 7 heteroatoms. The fourth-order valence-electron chi connectivity index (χ4n) is 3.69. The van der Waals surface area contributed by atoms with E-state index < -0.39 is 6.10 Å². The van der Waals surface area contributed by atoms with E-state index in [2.05, 4.69) is 31.0 Å². The summed E-state index contributed by atoms with van der Waals surface area (Å²) in [6.45, 7) is 4.30. The van der Waals surface area contributed by atoms with E-state index in [-0.39, 0.29) is 24.8 Å². The van der Waals surface area contributed by atoms with Gasteiger partial charge in [0.05, 0.1) is 18.4 Å². The summed E-state index contributed by atoms with van der Waals surface area (Å²) in [4.78, 5) is 33.0. The Hall–Kier alpha value is -3.61. The lowest BCUT2D eigenvalue weighted by Gasteiger charge is -2.35. The average molecular weight is 434 g/mol. The van der Waals surface area contributed by atoms with E-state index in [0.29, 0.717) is 29.5 Å². The number of nitrogens with zero attached hydrogens (tertiary/aromatic N) is 3. The number of anilines is 1. The van der Waals surface area contributed by atoms with Gasteiger partial charge >= 0.3 is 0 Å². The van der Waals surface area contributed by atoms with E-state index in [1.807, 2.05) is 24.3 Å². The van der Waals surface area contributed by atoms with E-state index in [1.54, 1.807) is 31.3 Å². The number of hydrogen-bond donors (Lipinski definition) is 0. The molecule has 7 nitrogen and oxygen atoms in total. The number of likely N-dealkylation sites (N-methyl/N-ethyl adjacent to an activating group) is 1. The van der Waals surface area contributed by atoms with Crippen molar-refractivity contribution in [1.82, 2.24) is 9.88 Å². The number of carbonyl (C=O) groups excluding carboxylic acids is 2. The van der Waals surface area contributed by atoms with Crippen molar-refractivity contribution in [3.05, 3.63) is 65.7 Å². The number of amides is 2. The molecule has 2 heterocycles. The minimum Gasteiger partial charge on any atom is -0.476 e. The third-order valence-electron chi connectivity index (χ3n) is 5.69. The smallest absolute Gasteiger partial charge is 0.265 e. The SMILES string of the molecule is Cc1ccc(-c2cnc(CCC(=O)N3CC(C(=O)N(C)C)Oc4ccccc43)o2)cc1C. The number of fused-ring (bicyclic) bond motifs is 1. The van der Waals surface area contributed by atoms with Gasteiger partial charge in [-0.05, 0) is 43.2 Å². The standard InChI is InChI=1S/C25H27N3O4/c1-16-9-10-18(13-17(16)2)21-14-26-23(32-21)11-12-24(29)28-15-22(25(30)27(3)4)31-20-8-6-5-7-19(20)28/h5-10,13-14,22H,11-12,15H2,1-4H3. The second-order valence-electron chi connectivity index (χ2n) is 8.23. The van der Waals surface area contributed by atoms with Crippen LogP contribution in [0, 0.1) is 13.8 Å². The molecule has 2 amide bonds. The number of aryl methyl sites for hydroxylation is 3. The van der Waals surface area contributed by atoms with Crippen LogP contribution in [0.4, 0.5) is 5.69 Å². The second-order valence-corrected chi connectivity index (χ2v) is 8.23. The lowest BCUT2D eigenvalue weighted by atomic mass is 10.1. The number of aromatic nitrogens is 1. The molecule has 2 aromatic carbocycles. The topological polar surface area (TPSA) is 75.9 Å². The monoisotopic (exact) mass is 433 g/mol. The molecule has 3 aromatic rings. The number of carbonyl (C=O) groups is 2. The van der Waals surface area contributed by atoms with E-state index in [4.69, 9.17) is 9.15 Å². The van der Waals surface area contributed by atoms with E-state index in [9.17, 15) is 9.59 Å². The summed E-state index contributed by atoms with van der Waals surface area (Å²) >= 11 is 0. The highest BCUT2D eigenvalue weighted by atomic mass is 16.5. The predicted molar refractivity (Wildman–Crippen MR) is 122 cm³/mol. The third-order valence-corrected chi connectivity index (χ3v) is 5.69. The van der Waals surface area contributed by atoms with Crippen LogP contribution in [0.5, 0.6) is 5.75 Å². The van der Waals surface area contributed by atoms with Crippen LogP contribution in [0.25, 0.3) is 11.3 Å². The van der Waals surface area contributed by atoms with Gasteiger partial charge in [-0.2, -0.15) is 0 Å². The van der Waals surface area contributed by atoms with Crippen molar-refractivity contribution >= 4 is 17.5 Å². The Labute approximate surface area is 187 Å². The summed E-state index contributed by atoms with van der Waals surface area (Å²) in [5, 5.41) is 0. The Bertz CT molecular complexity index is 1150. The highest BCUT2D eigenvalue weighted by molar-refractivity contribution is 5.97. The molecule has 4 rings (SSSR count). The van der Waals surface area contributed by atoms with Crippen LogP contribution >= 0.6 is 0 Å². The fourth-order valence-corrected chi connectivity index (χ4v) is 3.69. The van der Waals surface area contributed by atoms with Gasteiger partial charge in [0.15, 0.2) is 17.8 Å². The van der Waals surface area contributed by atoms with Crippen molar-refractivity contribution in [3.8, 4) is 17.1 Å². The second kappa shape index (κ2) is 8.86. The lowest BCUT2D eigenvalue weighted by Crippen LogP contribution is -2.50. The third kappa shape index (κ3) is 4.37. The molecule has 0 N–H and O–H groups in total. The van der Waals surface area contributed by atoms with Gasteiger partial charge in [0.1, 0.15) is 5.75 Å². The largest absolute Gasteiger partial charge is 0.476 e. The van der Waals surface area contributed by atoms with E-state index in [0.717, 1.165) is 5.56 Å². The Kier molecular flexibility index (Phi) is 5.99.